The monoisotopic (exact) mass is 345 g/mol. The van der Waals surface area contributed by atoms with Crippen LogP contribution in [0.1, 0.15) is 23.0 Å². The number of nitrogens with zero attached hydrogens (tertiary/aromatic N) is 1. The molecule has 0 unspecified atom stereocenters. The number of carboxylic acid groups (broad SMARTS) is 1. The Morgan fingerprint density at radius 2 is 2.10 bits per heavy atom. The Hall–Kier alpha value is -2.14. The third-order valence-corrected chi connectivity index (χ3v) is 3.76. The smallest absolute Gasteiger partial charge is 0.337 e. The number of pyridine rings is 1. The summed E-state index contributed by atoms with van der Waals surface area (Å²) in [5.74, 6) is -0.325. The van der Waals surface area contributed by atoms with Crippen LogP contribution in [0.4, 0.5) is 0 Å². The van der Waals surface area contributed by atoms with Gasteiger partial charge < -0.3 is 9.52 Å². The number of aromatic carboxylic acids is 1. The molecule has 0 spiro atoms. The Balaban J connectivity index is 2.11. The number of rotatable bonds is 3. The summed E-state index contributed by atoms with van der Waals surface area (Å²) in [5, 5.41) is 10.1. The van der Waals surface area contributed by atoms with Gasteiger partial charge in [0, 0.05) is 9.86 Å². The van der Waals surface area contributed by atoms with Crippen molar-refractivity contribution in [3.8, 4) is 11.5 Å². The van der Waals surface area contributed by atoms with E-state index in [1.54, 1.807) is 12.1 Å². The lowest BCUT2D eigenvalue weighted by atomic mass is 10.1. The maximum atomic E-state index is 11.1. The van der Waals surface area contributed by atoms with E-state index in [2.05, 4.69) is 20.9 Å². The molecule has 0 fully saturated rings. The van der Waals surface area contributed by atoms with Gasteiger partial charge >= 0.3 is 5.97 Å². The highest BCUT2D eigenvalue weighted by Gasteiger charge is 2.14. The highest BCUT2D eigenvalue weighted by Crippen LogP contribution is 2.29. The van der Waals surface area contributed by atoms with E-state index in [9.17, 15) is 4.79 Å². The summed E-state index contributed by atoms with van der Waals surface area (Å²) in [6.45, 7) is 1.88. The fourth-order valence-corrected chi connectivity index (χ4v) is 2.62. The van der Waals surface area contributed by atoms with Gasteiger partial charge in [-0.1, -0.05) is 22.9 Å². The Morgan fingerprint density at radius 3 is 2.81 bits per heavy atom. The second-order valence-electron chi connectivity index (χ2n) is 4.64. The largest absolute Gasteiger partial charge is 0.478 e. The molecule has 0 aliphatic rings. The number of furan rings is 1. The average Bonchev–Trinajstić information content (AvgIpc) is 2.89. The molecule has 0 radical (unpaired) electrons. The van der Waals surface area contributed by atoms with Crippen molar-refractivity contribution in [2.45, 2.75) is 13.3 Å². The van der Waals surface area contributed by atoms with Gasteiger partial charge in [-0.25, -0.2) is 9.78 Å². The lowest BCUT2D eigenvalue weighted by Gasteiger charge is -2.04. The van der Waals surface area contributed by atoms with Gasteiger partial charge in [0.15, 0.2) is 5.76 Å². The molecule has 0 bridgehead atoms. The normalized spacial score (nSPS) is 11.0. The first-order valence-electron chi connectivity index (χ1n) is 6.51. The van der Waals surface area contributed by atoms with Gasteiger partial charge in [-0.05, 0) is 42.8 Å². The van der Waals surface area contributed by atoms with E-state index in [0.29, 0.717) is 23.6 Å². The predicted octanol–water partition coefficient (Wildman–Crippen LogP) is 4.52. The molecule has 0 aliphatic carbocycles. The van der Waals surface area contributed by atoms with Gasteiger partial charge in [0.05, 0.1) is 11.3 Å². The van der Waals surface area contributed by atoms with Gasteiger partial charge in [0.2, 0.25) is 0 Å². The molecule has 3 rings (SSSR count). The summed E-state index contributed by atoms with van der Waals surface area (Å²) in [7, 11) is 0. The number of benzene rings is 1. The lowest BCUT2D eigenvalue weighted by molar-refractivity contribution is 0.0695. The molecule has 2 aromatic heterocycles. The molecule has 0 aliphatic heterocycles. The molecule has 5 heteroatoms. The average molecular weight is 346 g/mol. The SMILES string of the molecule is CCc1nc(-c2cc3cc(Br)ccc3o2)ccc1C(=O)O. The Bertz CT molecular complexity index is 839. The minimum atomic E-state index is -0.959. The van der Waals surface area contributed by atoms with Crippen LogP contribution in [0, 0.1) is 0 Å². The molecule has 0 saturated carbocycles. The number of hydrogen-bond acceptors (Lipinski definition) is 3. The minimum absolute atomic E-state index is 0.236. The third kappa shape index (κ3) is 2.56. The number of halogens is 1. The zero-order valence-electron chi connectivity index (χ0n) is 11.3. The van der Waals surface area contributed by atoms with E-state index in [4.69, 9.17) is 9.52 Å². The number of carbonyl (C=O) groups is 1. The second-order valence-corrected chi connectivity index (χ2v) is 5.56. The summed E-state index contributed by atoms with van der Waals surface area (Å²) in [5.41, 5.74) is 2.21. The highest BCUT2D eigenvalue weighted by molar-refractivity contribution is 9.10. The molecular weight excluding hydrogens is 334 g/mol. The van der Waals surface area contributed by atoms with Gasteiger partial charge in [-0.3, -0.25) is 0 Å². The van der Waals surface area contributed by atoms with Gasteiger partial charge in [-0.2, -0.15) is 0 Å². The van der Waals surface area contributed by atoms with Crippen molar-refractivity contribution in [3.63, 3.8) is 0 Å². The summed E-state index contributed by atoms with van der Waals surface area (Å²) >= 11 is 3.42. The molecule has 21 heavy (non-hydrogen) atoms. The van der Waals surface area contributed by atoms with Crippen LogP contribution < -0.4 is 0 Å². The van der Waals surface area contributed by atoms with E-state index in [-0.39, 0.29) is 5.56 Å². The zero-order valence-corrected chi connectivity index (χ0v) is 12.8. The van der Waals surface area contributed by atoms with E-state index in [1.807, 2.05) is 31.2 Å². The molecule has 0 atom stereocenters. The van der Waals surface area contributed by atoms with Gasteiger partial charge in [-0.15, -0.1) is 0 Å². The van der Waals surface area contributed by atoms with Crippen LogP contribution in [0.2, 0.25) is 0 Å². The maximum absolute atomic E-state index is 11.1. The van der Waals surface area contributed by atoms with Crippen molar-refractivity contribution in [2.75, 3.05) is 0 Å². The molecular formula is C16H12BrNO3. The highest BCUT2D eigenvalue weighted by atomic mass is 79.9. The maximum Gasteiger partial charge on any atom is 0.337 e. The van der Waals surface area contributed by atoms with Crippen LogP contribution in [0.15, 0.2) is 45.3 Å². The fourth-order valence-electron chi connectivity index (χ4n) is 2.24. The van der Waals surface area contributed by atoms with Crippen LogP contribution in [0.5, 0.6) is 0 Å². The predicted molar refractivity (Wildman–Crippen MR) is 83.5 cm³/mol. The Kier molecular flexibility index (Phi) is 3.51. The summed E-state index contributed by atoms with van der Waals surface area (Å²) < 4.78 is 6.76. The van der Waals surface area contributed by atoms with Gasteiger partial charge in [0.25, 0.3) is 0 Å². The van der Waals surface area contributed by atoms with Crippen LogP contribution in [-0.4, -0.2) is 16.1 Å². The topological polar surface area (TPSA) is 63.3 Å². The zero-order chi connectivity index (χ0) is 15.0. The minimum Gasteiger partial charge on any atom is -0.478 e. The fraction of sp³-hybridized carbons (Fsp3) is 0.125. The van der Waals surface area contributed by atoms with E-state index >= 15 is 0 Å². The van der Waals surface area contributed by atoms with E-state index in [0.717, 1.165) is 15.4 Å². The van der Waals surface area contributed by atoms with Crippen molar-refractivity contribution >= 4 is 32.9 Å². The summed E-state index contributed by atoms with van der Waals surface area (Å²) in [6.07, 6.45) is 0.557. The van der Waals surface area contributed by atoms with Gasteiger partial charge in [0.1, 0.15) is 11.3 Å². The van der Waals surface area contributed by atoms with Crippen molar-refractivity contribution in [1.29, 1.82) is 0 Å². The van der Waals surface area contributed by atoms with Crippen LogP contribution in [-0.2, 0) is 6.42 Å². The molecule has 4 nitrogen and oxygen atoms in total. The van der Waals surface area contributed by atoms with E-state index in [1.165, 1.54) is 0 Å². The number of aryl methyl sites for hydroxylation is 1. The van der Waals surface area contributed by atoms with Crippen molar-refractivity contribution in [1.82, 2.24) is 4.98 Å². The molecule has 2 heterocycles. The first-order chi connectivity index (χ1) is 10.1. The summed E-state index contributed by atoms with van der Waals surface area (Å²) in [4.78, 5) is 15.6. The van der Waals surface area contributed by atoms with Crippen LogP contribution >= 0.6 is 15.9 Å². The van der Waals surface area contributed by atoms with Crippen LogP contribution in [0.25, 0.3) is 22.4 Å². The first-order valence-corrected chi connectivity index (χ1v) is 7.30. The van der Waals surface area contributed by atoms with Crippen molar-refractivity contribution in [3.05, 3.63) is 52.1 Å². The molecule has 106 valence electrons. The second kappa shape index (κ2) is 5.33. The third-order valence-electron chi connectivity index (χ3n) is 3.27. The first kappa shape index (κ1) is 13.8. The Labute approximate surface area is 129 Å². The molecule has 0 saturated heterocycles. The van der Waals surface area contributed by atoms with E-state index < -0.39 is 5.97 Å². The number of fused-ring (bicyclic) bond motifs is 1. The lowest BCUT2D eigenvalue weighted by Crippen LogP contribution is -2.04. The molecule has 1 aromatic carbocycles. The Morgan fingerprint density at radius 1 is 1.29 bits per heavy atom. The van der Waals surface area contributed by atoms with Crippen molar-refractivity contribution < 1.29 is 14.3 Å². The van der Waals surface area contributed by atoms with Crippen molar-refractivity contribution in [2.24, 2.45) is 0 Å². The number of hydrogen-bond donors (Lipinski definition) is 1. The molecule has 3 aromatic rings. The molecule has 0 amide bonds. The standard InChI is InChI=1S/C16H12BrNO3/c1-2-12-11(16(19)20)4-5-13(18-12)15-8-9-7-10(17)3-6-14(9)21-15/h3-8H,2H2,1H3,(H,19,20). The quantitative estimate of drug-likeness (QED) is 0.757. The van der Waals surface area contributed by atoms with Crippen LogP contribution in [0.3, 0.4) is 0 Å². The number of aromatic nitrogens is 1. The molecule has 1 N–H and O–H groups in total. The number of carboxylic acids is 1. The summed E-state index contributed by atoms with van der Waals surface area (Å²) in [6, 6.07) is 10.9.